The second-order valence-corrected chi connectivity index (χ2v) is 5.62. The molecule has 1 fully saturated rings. The highest BCUT2D eigenvalue weighted by Crippen LogP contribution is 2.12. The van der Waals surface area contributed by atoms with Crippen LogP contribution < -0.4 is 16.8 Å². The van der Waals surface area contributed by atoms with E-state index in [1.807, 2.05) is 4.90 Å². The normalized spacial score (nSPS) is 21.1. The van der Waals surface area contributed by atoms with Crippen LogP contribution in [0.3, 0.4) is 0 Å². The second-order valence-electron chi connectivity index (χ2n) is 5.62. The summed E-state index contributed by atoms with van der Waals surface area (Å²) < 4.78 is 0. The number of nitrogens with one attached hydrogen (secondary N) is 1. The molecule has 0 spiro atoms. The molecule has 9 nitrogen and oxygen atoms in total. The van der Waals surface area contributed by atoms with Gasteiger partial charge in [0.2, 0.25) is 0 Å². The van der Waals surface area contributed by atoms with Gasteiger partial charge in [-0.2, -0.15) is 0 Å². The molecule has 22 heavy (non-hydrogen) atoms. The van der Waals surface area contributed by atoms with Gasteiger partial charge in [-0.15, -0.1) is 0 Å². The number of hydrogen-bond donors (Lipinski definition) is 5. The Morgan fingerprint density at radius 3 is 2.05 bits per heavy atom. The number of hydrogen-bond acceptors (Lipinski definition) is 7. The zero-order valence-corrected chi connectivity index (χ0v) is 12.8. The van der Waals surface area contributed by atoms with E-state index in [1.54, 1.807) is 4.90 Å². The molecule has 0 bridgehead atoms. The number of aliphatic carboxylic acids is 2. The highest BCUT2D eigenvalue weighted by molar-refractivity contribution is 5.69. The first kappa shape index (κ1) is 18.8. The van der Waals surface area contributed by atoms with Gasteiger partial charge in [0.05, 0.1) is 13.1 Å². The van der Waals surface area contributed by atoms with Crippen molar-refractivity contribution in [3.63, 3.8) is 0 Å². The number of nitrogens with two attached hydrogens (primary N) is 2. The minimum absolute atomic E-state index is 0.0605. The molecular weight excluding hydrogens is 290 g/mol. The molecule has 1 heterocycles. The van der Waals surface area contributed by atoms with Crippen LogP contribution in [0.4, 0.5) is 0 Å². The number of carboxylic acids is 2. The van der Waals surface area contributed by atoms with E-state index in [1.165, 1.54) is 0 Å². The largest absolute Gasteiger partial charge is 0.480 e. The third-order valence-corrected chi connectivity index (χ3v) is 3.70. The molecule has 0 saturated carbocycles. The van der Waals surface area contributed by atoms with Crippen molar-refractivity contribution in [3.8, 4) is 0 Å². The molecule has 1 rings (SSSR count). The van der Waals surface area contributed by atoms with Crippen LogP contribution in [0.15, 0.2) is 0 Å². The Morgan fingerprint density at radius 2 is 1.55 bits per heavy atom. The molecule has 7 N–H and O–H groups in total. The van der Waals surface area contributed by atoms with Crippen LogP contribution in [-0.4, -0.2) is 96.4 Å². The zero-order valence-electron chi connectivity index (χ0n) is 12.8. The molecule has 9 heteroatoms. The summed E-state index contributed by atoms with van der Waals surface area (Å²) in [6.45, 7) is 2.86. The molecule has 1 aliphatic heterocycles. The lowest BCUT2D eigenvalue weighted by atomic mass is 9.96. The molecule has 0 aromatic carbocycles. The fourth-order valence-corrected chi connectivity index (χ4v) is 2.61. The predicted molar refractivity (Wildman–Crippen MR) is 81.6 cm³/mol. The fraction of sp³-hybridized carbons (Fsp3) is 0.846. The van der Waals surface area contributed by atoms with Gasteiger partial charge in [-0.25, -0.2) is 0 Å². The van der Waals surface area contributed by atoms with Crippen molar-refractivity contribution in [3.05, 3.63) is 0 Å². The van der Waals surface area contributed by atoms with Gasteiger partial charge >= 0.3 is 11.9 Å². The number of nitrogens with zero attached hydrogens (tertiary/aromatic N) is 2. The maximum absolute atomic E-state index is 11.0. The molecule has 128 valence electrons. The lowest BCUT2D eigenvalue weighted by Crippen LogP contribution is -2.60. The van der Waals surface area contributed by atoms with Crippen LogP contribution in [0.5, 0.6) is 0 Å². The van der Waals surface area contributed by atoms with Crippen LogP contribution in [0.25, 0.3) is 0 Å². The Morgan fingerprint density at radius 1 is 1.00 bits per heavy atom. The Hall–Kier alpha value is -1.26. The summed E-state index contributed by atoms with van der Waals surface area (Å²) in [6.07, 6.45) is 0.939. The van der Waals surface area contributed by atoms with Gasteiger partial charge in [0.15, 0.2) is 0 Å². The van der Waals surface area contributed by atoms with E-state index in [0.717, 1.165) is 6.42 Å². The summed E-state index contributed by atoms with van der Waals surface area (Å²) in [5, 5.41) is 21.1. The molecule has 2 atom stereocenters. The maximum Gasteiger partial charge on any atom is 0.317 e. The highest BCUT2D eigenvalue weighted by atomic mass is 16.4. The maximum atomic E-state index is 11.0. The third kappa shape index (κ3) is 7.14. The van der Waals surface area contributed by atoms with Gasteiger partial charge in [0.25, 0.3) is 0 Å². The van der Waals surface area contributed by atoms with Crippen LogP contribution in [0.2, 0.25) is 0 Å². The summed E-state index contributed by atoms with van der Waals surface area (Å²) in [5.74, 6) is -1.80. The predicted octanol–water partition coefficient (Wildman–Crippen LogP) is -2.59. The summed E-state index contributed by atoms with van der Waals surface area (Å²) in [5.41, 5.74) is 11.0. The minimum atomic E-state index is -0.912. The van der Waals surface area contributed by atoms with Crippen LogP contribution >= 0.6 is 0 Å². The van der Waals surface area contributed by atoms with Crippen molar-refractivity contribution < 1.29 is 19.8 Å². The number of rotatable bonds is 12. The molecule has 0 aromatic heterocycles. The van der Waals surface area contributed by atoms with Gasteiger partial charge in [-0.3, -0.25) is 19.4 Å². The number of carboxylic acid groups (broad SMARTS) is 2. The van der Waals surface area contributed by atoms with Crippen molar-refractivity contribution in [2.24, 2.45) is 11.5 Å². The van der Waals surface area contributed by atoms with Crippen LogP contribution in [-0.2, 0) is 9.59 Å². The Balaban J connectivity index is 2.42. The summed E-state index contributed by atoms with van der Waals surface area (Å²) in [7, 11) is 0. The zero-order chi connectivity index (χ0) is 16.5. The fourth-order valence-electron chi connectivity index (χ4n) is 2.61. The van der Waals surface area contributed by atoms with Gasteiger partial charge in [-0.1, -0.05) is 0 Å². The first-order valence-electron chi connectivity index (χ1n) is 7.49. The van der Waals surface area contributed by atoms with E-state index in [-0.39, 0.29) is 19.1 Å². The van der Waals surface area contributed by atoms with Gasteiger partial charge in [0.1, 0.15) is 0 Å². The topological polar surface area (TPSA) is 145 Å². The Bertz CT molecular complexity index is 362. The molecule has 1 aliphatic rings. The monoisotopic (exact) mass is 317 g/mol. The Labute approximate surface area is 130 Å². The highest BCUT2D eigenvalue weighted by Gasteiger charge is 2.28. The van der Waals surface area contributed by atoms with E-state index in [0.29, 0.717) is 45.3 Å². The van der Waals surface area contributed by atoms with Crippen LogP contribution in [0, 0.1) is 0 Å². The van der Waals surface area contributed by atoms with Gasteiger partial charge in [-0.05, 0) is 6.42 Å². The average molecular weight is 317 g/mol. The standard InChI is InChI=1S/C13H27N5O4/c14-1-2-17(8-12(19)20)3-4-18(9-13(21)22)7-11-5-10(6-15)16-11/h10-11,16H,1-9,14-15H2,(H,19,20)(H,21,22). The van der Waals surface area contributed by atoms with Gasteiger partial charge in [0, 0.05) is 51.4 Å². The smallest absolute Gasteiger partial charge is 0.317 e. The third-order valence-electron chi connectivity index (χ3n) is 3.70. The quantitative estimate of drug-likeness (QED) is 0.262. The lowest BCUT2D eigenvalue weighted by molar-refractivity contribution is -0.140. The Kier molecular flexibility index (Phi) is 8.28. The lowest BCUT2D eigenvalue weighted by Gasteiger charge is -2.39. The van der Waals surface area contributed by atoms with E-state index in [4.69, 9.17) is 21.7 Å². The average Bonchev–Trinajstić information content (AvgIpc) is 2.38. The van der Waals surface area contributed by atoms with E-state index >= 15 is 0 Å². The molecule has 0 amide bonds. The molecule has 0 aliphatic carbocycles. The first-order valence-corrected chi connectivity index (χ1v) is 7.49. The van der Waals surface area contributed by atoms with Crippen molar-refractivity contribution in [2.75, 3.05) is 52.4 Å². The molecule has 1 saturated heterocycles. The molecular formula is C13H27N5O4. The van der Waals surface area contributed by atoms with Crippen molar-refractivity contribution >= 4 is 11.9 Å². The van der Waals surface area contributed by atoms with Crippen molar-refractivity contribution in [2.45, 2.75) is 18.5 Å². The molecule has 2 unspecified atom stereocenters. The van der Waals surface area contributed by atoms with E-state index in [2.05, 4.69) is 5.32 Å². The second kappa shape index (κ2) is 9.70. The summed E-state index contributed by atoms with van der Waals surface area (Å²) in [6, 6.07) is 0.563. The van der Waals surface area contributed by atoms with Crippen LogP contribution in [0.1, 0.15) is 6.42 Å². The van der Waals surface area contributed by atoms with E-state index in [9.17, 15) is 9.59 Å². The van der Waals surface area contributed by atoms with Gasteiger partial charge < -0.3 is 27.0 Å². The number of carbonyl (C=O) groups is 2. The molecule has 0 radical (unpaired) electrons. The summed E-state index contributed by atoms with van der Waals surface area (Å²) >= 11 is 0. The van der Waals surface area contributed by atoms with E-state index < -0.39 is 11.9 Å². The van der Waals surface area contributed by atoms with Crippen molar-refractivity contribution in [1.82, 2.24) is 15.1 Å². The minimum Gasteiger partial charge on any atom is -0.480 e. The first-order chi connectivity index (χ1) is 10.4. The molecule has 0 aromatic rings. The van der Waals surface area contributed by atoms with Crippen molar-refractivity contribution in [1.29, 1.82) is 0 Å². The SMILES string of the molecule is NCCN(CCN(CC(=O)O)CC1CC(CN)N1)CC(=O)O. The summed E-state index contributed by atoms with van der Waals surface area (Å²) in [4.78, 5) is 25.3.